The number of anilines is 1. The maximum Gasteiger partial charge on any atom is 1.00 e. The van der Waals surface area contributed by atoms with E-state index in [0.29, 0.717) is 5.75 Å². The summed E-state index contributed by atoms with van der Waals surface area (Å²) in [7, 11) is 0. The molecule has 0 aliphatic heterocycles. The number of hydrogen-bond acceptors (Lipinski definition) is 2. The van der Waals surface area contributed by atoms with Crippen molar-refractivity contribution in [3.8, 4) is 5.75 Å². The van der Waals surface area contributed by atoms with Crippen molar-refractivity contribution in [2.45, 2.75) is 13.8 Å². The molecule has 0 atom stereocenters. The molecule has 2 nitrogen and oxygen atoms in total. The van der Waals surface area contributed by atoms with Crippen molar-refractivity contribution in [1.29, 1.82) is 0 Å². The molecule has 0 unspecified atom stereocenters. The third kappa shape index (κ3) is 6.42. The number of hydrogen-bond donors (Lipinski definition) is 1. The van der Waals surface area contributed by atoms with E-state index in [4.69, 9.17) is 0 Å². The molecule has 5 aromatic carbocycles. The summed E-state index contributed by atoms with van der Waals surface area (Å²) in [6.07, 6.45) is -1.22. The molecule has 0 aliphatic rings. The van der Waals surface area contributed by atoms with Crippen LogP contribution < -0.4 is 56.3 Å². The van der Waals surface area contributed by atoms with Crippen LogP contribution in [0.25, 0.3) is 0 Å². The zero-order chi connectivity index (χ0) is 25.9. The van der Waals surface area contributed by atoms with Gasteiger partial charge in [0, 0.05) is 13.1 Å². The van der Waals surface area contributed by atoms with Gasteiger partial charge < -0.3 is 10.0 Å². The predicted octanol–water partition coefficient (Wildman–Crippen LogP) is 2.31. The van der Waals surface area contributed by atoms with Crippen LogP contribution in [0.3, 0.4) is 0 Å². The summed E-state index contributed by atoms with van der Waals surface area (Å²) < 4.78 is 0. The first-order valence-corrected chi connectivity index (χ1v) is 13.1. The summed E-state index contributed by atoms with van der Waals surface area (Å²) in [6.45, 7) is 6.01. The van der Waals surface area contributed by atoms with E-state index in [-0.39, 0.29) is 29.6 Å². The van der Waals surface area contributed by atoms with Crippen LogP contribution >= 0.6 is 0 Å². The maximum absolute atomic E-state index is 9.50. The average Bonchev–Trinajstić information content (AvgIpc) is 2.98. The number of aromatic hydroxyl groups is 1. The Balaban J connectivity index is 0.000000262. The minimum Gasteiger partial charge on any atom is -0.506 e. The van der Waals surface area contributed by atoms with Crippen molar-refractivity contribution in [2.24, 2.45) is 0 Å². The number of phenolic OH excluding ortho intramolecular Hbond substituents is 1. The average molecular weight is 507 g/mol. The van der Waals surface area contributed by atoms with E-state index in [1.165, 1.54) is 21.9 Å². The first kappa shape index (κ1) is 29.3. The molecule has 4 heteroatoms. The van der Waals surface area contributed by atoms with Crippen LogP contribution in [0.5, 0.6) is 5.75 Å². The fraction of sp³-hybridized carbons (Fsp3) is 0.118. The Labute approximate surface area is 250 Å². The predicted molar refractivity (Wildman–Crippen MR) is 162 cm³/mol. The van der Waals surface area contributed by atoms with Crippen molar-refractivity contribution < 1.29 is 34.7 Å². The van der Waals surface area contributed by atoms with E-state index in [1.54, 1.807) is 6.07 Å². The van der Waals surface area contributed by atoms with Gasteiger partial charge in [0.1, 0.15) is 11.9 Å². The molecule has 1 N–H and O–H groups in total. The van der Waals surface area contributed by atoms with Crippen molar-refractivity contribution in [3.63, 3.8) is 0 Å². The summed E-state index contributed by atoms with van der Waals surface area (Å²) in [5.74, 6) is 0.362. The molecule has 5 aromatic rings. The van der Waals surface area contributed by atoms with Gasteiger partial charge in [-0.15, -0.1) is 0 Å². The van der Waals surface area contributed by atoms with Crippen LogP contribution in [0.15, 0.2) is 146 Å². The fourth-order valence-corrected chi connectivity index (χ4v) is 5.42. The van der Waals surface area contributed by atoms with E-state index >= 15 is 0 Å². The molecular formula is C34H35BNNaO. The molecule has 186 valence electrons. The first-order valence-electron chi connectivity index (χ1n) is 13.1. The SMILES string of the molecule is CCN(CC)c1ccccc1O.[Na+].c1ccc([B-](c2ccccc2)(c2ccccc2)c2ccccc2)cc1. The Bertz CT molecular complexity index is 1180. The topological polar surface area (TPSA) is 23.5 Å². The van der Waals surface area contributed by atoms with Gasteiger partial charge in [0.05, 0.1) is 5.69 Å². The second-order valence-corrected chi connectivity index (χ2v) is 9.17. The minimum atomic E-state index is -1.22. The van der Waals surface area contributed by atoms with Gasteiger partial charge in [-0.3, -0.25) is 0 Å². The monoisotopic (exact) mass is 507 g/mol. The number of para-hydroxylation sites is 2. The van der Waals surface area contributed by atoms with Gasteiger partial charge in [-0.05, 0) is 26.0 Å². The first-order chi connectivity index (χ1) is 18.2. The Hall–Kier alpha value is -3.24. The molecule has 0 aromatic heterocycles. The number of phenols is 1. The molecule has 0 bridgehead atoms. The summed E-state index contributed by atoms with van der Waals surface area (Å²) in [5, 5.41) is 9.50. The largest absolute Gasteiger partial charge is 1.00 e. The van der Waals surface area contributed by atoms with Crippen molar-refractivity contribution in [1.82, 2.24) is 0 Å². The smallest absolute Gasteiger partial charge is 0.506 e. The third-order valence-electron chi connectivity index (χ3n) is 7.18. The van der Waals surface area contributed by atoms with E-state index in [1.807, 2.05) is 18.2 Å². The van der Waals surface area contributed by atoms with Gasteiger partial charge >= 0.3 is 29.6 Å². The zero-order valence-electron chi connectivity index (χ0n) is 22.7. The van der Waals surface area contributed by atoms with E-state index < -0.39 is 6.15 Å². The molecule has 0 saturated carbocycles. The molecule has 0 fully saturated rings. The van der Waals surface area contributed by atoms with Crippen molar-refractivity contribution in [2.75, 3.05) is 18.0 Å². The Kier molecular flexibility index (Phi) is 11.3. The van der Waals surface area contributed by atoms with Gasteiger partial charge in [0.2, 0.25) is 0 Å². The van der Waals surface area contributed by atoms with Crippen molar-refractivity contribution in [3.05, 3.63) is 146 Å². The third-order valence-corrected chi connectivity index (χ3v) is 7.18. The Morgan fingerprint density at radius 1 is 0.474 bits per heavy atom. The van der Waals surface area contributed by atoms with Gasteiger partial charge in [-0.2, -0.15) is 21.9 Å². The molecule has 0 spiro atoms. The zero-order valence-corrected chi connectivity index (χ0v) is 24.7. The van der Waals surface area contributed by atoms with Gasteiger partial charge in [-0.1, -0.05) is 133 Å². The number of benzene rings is 5. The van der Waals surface area contributed by atoms with E-state index in [2.05, 4.69) is 140 Å². The standard InChI is InChI=1S/C24H20B.C10H15NO.Na/c1-5-13-21(14-6-1)25(22-15-7-2-8-16-22,23-17-9-3-10-18-23)24-19-11-4-12-20-24;1-3-11(4-2)9-7-5-6-8-10(9)12;/h1-20H;5-8,12H,3-4H2,1-2H3;/q-1;;+1. The Morgan fingerprint density at radius 2 is 0.763 bits per heavy atom. The summed E-state index contributed by atoms with van der Waals surface area (Å²) in [6, 6.07) is 50.9. The van der Waals surface area contributed by atoms with E-state index in [9.17, 15) is 5.11 Å². The molecule has 38 heavy (non-hydrogen) atoms. The maximum atomic E-state index is 9.50. The quantitative estimate of drug-likeness (QED) is 0.342. The van der Waals surface area contributed by atoms with Crippen LogP contribution in [-0.2, 0) is 0 Å². The van der Waals surface area contributed by atoms with Gasteiger partial charge in [-0.25, -0.2) is 0 Å². The second-order valence-electron chi connectivity index (χ2n) is 9.17. The van der Waals surface area contributed by atoms with Crippen LogP contribution in [-0.4, -0.2) is 24.3 Å². The summed E-state index contributed by atoms with van der Waals surface area (Å²) >= 11 is 0. The van der Waals surface area contributed by atoms with Crippen LogP contribution in [0.4, 0.5) is 5.69 Å². The Morgan fingerprint density at radius 3 is 1.05 bits per heavy atom. The van der Waals surface area contributed by atoms with E-state index in [0.717, 1.165) is 18.8 Å². The molecule has 0 heterocycles. The fourth-order valence-electron chi connectivity index (χ4n) is 5.42. The normalized spacial score (nSPS) is 10.5. The number of rotatable bonds is 7. The molecule has 0 aliphatic carbocycles. The van der Waals surface area contributed by atoms with Gasteiger partial charge in [0.25, 0.3) is 0 Å². The van der Waals surface area contributed by atoms with Crippen LogP contribution in [0.1, 0.15) is 13.8 Å². The van der Waals surface area contributed by atoms with Crippen molar-refractivity contribution >= 4 is 33.7 Å². The minimum absolute atomic E-state index is 0. The summed E-state index contributed by atoms with van der Waals surface area (Å²) in [5.41, 5.74) is 6.27. The molecule has 5 rings (SSSR count). The molecule has 0 radical (unpaired) electrons. The number of nitrogens with zero attached hydrogens (tertiary/aromatic N) is 1. The molecule has 0 saturated heterocycles. The second kappa shape index (κ2) is 14.6. The van der Waals surface area contributed by atoms with Gasteiger partial charge in [0.15, 0.2) is 0 Å². The van der Waals surface area contributed by atoms with Crippen LogP contribution in [0.2, 0.25) is 0 Å². The molecule has 0 amide bonds. The van der Waals surface area contributed by atoms with Crippen LogP contribution in [0, 0.1) is 0 Å². The molecular weight excluding hydrogens is 472 g/mol. The summed E-state index contributed by atoms with van der Waals surface area (Å²) in [4.78, 5) is 2.12.